The van der Waals surface area contributed by atoms with Gasteiger partial charge in [0, 0.05) is 47.8 Å². The Morgan fingerprint density at radius 2 is 2.10 bits per heavy atom. The Morgan fingerprint density at radius 3 is 2.90 bits per heavy atom. The van der Waals surface area contributed by atoms with Crippen LogP contribution < -0.4 is 15.4 Å². The molecular formula is C23H24N6O2. The third-order valence-corrected chi connectivity index (χ3v) is 6.66. The molecule has 8 heteroatoms. The van der Waals surface area contributed by atoms with E-state index in [1.54, 1.807) is 13.3 Å². The number of nitrogen functional groups attached to an aromatic ring is 1. The van der Waals surface area contributed by atoms with E-state index in [9.17, 15) is 4.79 Å². The Balaban J connectivity index is 1.31. The van der Waals surface area contributed by atoms with Crippen LogP contribution in [0.2, 0.25) is 0 Å². The van der Waals surface area contributed by atoms with Crippen molar-refractivity contribution in [3.63, 3.8) is 0 Å². The highest BCUT2D eigenvalue weighted by molar-refractivity contribution is 5.99. The van der Waals surface area contributed by atoms with Gasteiger partial charge < -0.3 is 30.2 Å². The number of hydrogen-bond acceptors (Lipinski definition) is 5. The van der Waals surface area contributed by atoms with Crippen LogP contribution >= 0.6 is 0 Å². The maximum atomic E-state index is 13.5. The zero-order valence-corrected chi connectivity index (χ0v) is 17.3. The number of nitrogens with zero attached hydrogens (tertiary/aromatic N) is 3. The van der Waals surface area contributed by atoms with Crippen LogP contribution in [0.15, 0.2) is 42.7 Å². The van der Waals surface area contributed by atoms with E-state index in [1.807, 2.05) is 36.5 Å². The number of aromatic nitrogens is 3. The summed E-state index contributed by atoms with van der Waals surface area (Å²) in [7, 11) is 1.67. The number of H-pyrrole nitrogens is 2. The normalized spacial score (nSPS) is 17.6. The van der Waals surface area contributed by atoms with E-state index in [4.69, 9.17) is 10.5 Å². The molecule has 4 aromatic rings. The van der Waals surface area contributed by atoms with Crippen LogP contribution in [0.3, 0.4) is 0 Å². The molecule has 8 nitrogen and oxygen atoms in total. The van der Waals surface area contributed by atoms with E-state index in [1.165, 1.54) is 0 Å². The number of nitrogens with two attached hydrogens (primary N) is 1. The van der Waals surface area contributed by atoms with E-state index < -0.39 is 0 Å². The fourth-order valence-corrected chi connectivity index (χ4v) is 4.92. The van der Waals surface area contributed by atoms with E-state index in [0.29, 0.717) is 17.9 Å². The Labute approximate surface area is 179 Å². The van der Waals surface area contributed by atoms with Gasteiger partial charge in [-0.05, 0) is 43.2 Å². The lowest BCUT2D eigenvalue weighted by Gasteiger charge is -2.43. The molecule has 4 heterocycles. The average molecular weight is 416 g/mol. The van der Waals surface area contributed by atoms with Crippen molar-refractivity contribution in [2.24, 2.45) is 0 Å². The lowest BCUT2D eigenvalue weighted by atomic mass is 10.1. The molecule has 1 aromatic carbocycles. The van der Waals surface area contributed by atoms with Crippen LogP contribution in [0, 0.1) is 0 Å². The summed E-state index contributed by atoms with van der Waals surface area (Å²) in [5.74, 6) is 0.816. The van der Waals surface area contributed by atoms with Crippen molar-refractivity contribution in [2.75, 3.05) is 37.4 Å². The molecule has 0 bridgehead atoms. The molecule has 1 saturated heterocycles. The van der Waals surface area contributed by atoms with Crippen LogP contribution in [0.1, 0.15) is 23.3 Å². The van der Waals surface area contributed by atoms with Gasteiger partial charge in [0.1, 0.15) is 11.3 Å². The van der Waals surface area contributed by atoms with Crippen LogP contribution in [0.5, 0.6) is 5.75 Å². The fourth-order valence-electron chi connectivity index (χ4n) is 4.92. The first-order valence-corrected chi connectivity index (χ1v) is 10.5. The number of pyridine rings is 1. The summed E-state index contributed by atoms with van der Waals surface area (Å²) in [6.45, 7) is 2.18. The number of anilines is 2. The van der Waals surface area contributed by atoms with Crippen molar-refractivity contribution in [1.29, 1.82) is 0 Å². The topological polar surface area (TPSA) is 103 Å². The molecule has 4 N–H and O–H groups in total. The molecule has 1 spiro atoms. The predicted molar refractivity (Wildman–Crippen MR) is 121 cm³/mol. The number of ether oxygens (including phenoxy) is 1. The van der Waals surface area contributed by atoms with Gasteiger partial charge in [0.2, 0.25) is 0 Å². The van der Waals surface area contributed by atoms with Crippen molar-refractivity contribution in [3.05, 3.63) is 48.4 Å². The number of nitrogens with one attached hydrogen (secondary N) is 2. The van der Waals surface area contributed by atoms with E-state index in [0.717, 1.165) is 59.3 Å². The third kappa shape index (κ3) is 2.74. The van der Waals surface area contributed by atoms with Gasteiger partial charge in [-0.1, -0.05) is 0 Å². The van der Waals surface area contributed by atoms with Gasteiger partial charge in [-0.3, -0.25) is 4.79 Å². The number of fused-ring (bicyclic) bond motifs is 2. The first-order chi connectivity index (χ1) is 15.1. The van der Waals surface area contributed by atoms with Gasteiger partial charge in [0.05, 0.1) is 24.5 Å². The molecule has 3 aromatic heterocycles. The molecule has 0 unspecified atom stereocenters. The fraction of sp³-hybridized carbons (Fsp3) is 0.304. The average Bonchev–Trinajstić information content (AvgIpc) is 3.19. The van der Waals surface area contributed by atoms with Crippen molar-refractivity contribution in [3.8, 4) is 5.75 Å². The summed E-state index contributed by atoms with van der Waals surface area (Å²) in [6, 6.07) is 9.60. The molecule has 1 amide bonds. The second-order valence-corrected chi connectivity index (χ2v) is 8.55. The number of hydrogen-bond donors (Lipinski definition) is 3. The number of carbonyl (C=O) groups is 1. The van der Waals surface area contributed by atoms with Gasteiger partial charge in [-0.25, -0.2) is 4.98 Å². The molecule has 1 aliphatic carbocycles. The number of rotatable bonds is 3. The molecule has 2 aliphatic rings. The maximum absolute atomic E-state index is 13.5. The third-order valence-electron chi connectivity index (χ3n) is 6.66. The molecule has 0 atom stereocenters. The Kier molecular flexibility index (Phi) is 3.74. The summed E-state index contributed by atoms with van der Waals surface area (Å²) >= 11 is 0. The number of piperazine rings is 1. The summed E-state index contributed by atoms with van der Waals surface area (Å²) in [6.07, 6.45) is 5.68. The lowest BCUT2D eigenvalue weighted by Crippen LogP contribution is -2.57. The minimum Gasteiger partial charge on any atom is -0.493 e. The van der Waals surface area contributed by atoms with Crippen LogP contribution in [-0.2, 0) is 0 Å². The first kappa shape index (κ1) is 18.1. The zero-order valence-electron chi connectivity index (χ0n) is 17.3. The van der Waals surface area contributed by atoms with Gasteiger partial charge >= 0.3 is 0 Å². The highest BCUT2D eigenvalue weighted by Gasteiger charge is 2.53. The van der Waals surface area contributed by atoms with Gasteiger partial charge in [-0.2, -0.15) is 0 Å². The number of aromatic amines is 2. The van der Waals surface area contributed by atoms with E-state index >= 15 is 0 Å². The number of amides is 1. The smallest absolute Gasteiger partial charge is 0.270 e. The number of methoxy groups -OCH3 is 1. The van der Waals surface area contributed by atoms with Crippen molar-refractivity contribution < 1.29 is 9.53 Å². The zero-order chi connectivity index (χ0) is 21.2. The number of carbonyl (C=O) groups excluding carboxylic acids is 1. The van der Waals surface area contributed by atoms with E-state index in [-0.39, 0.29) is 11.4 Å². The molecule has 0 radical (unpaired) electrons. The SMILES string of the molecule is COc1cnc2[nH]ccc2c1N1CCN(C(=O)c2cc3cc(N)ccc3[nH]2)C2(CC2)C1. The van der Waals surface area contributed by atoms with Crippen LogP contribution in [0.25, 0.3) is 21.9 Å². The quantitative estimate of drug-likeness (QED) is 0.445. The number of benzene rings is 1. The molecule has 31 heavy (non-hydrogen) atoms. The monoisotopic (exact) mass is 416 g/mol. The van der Waals surface area contributed by atoms with Crippen molar-refractivity contribution in [1.82, 2.24) is 19.9 Å². The van der Waals surface area contributed by atoms with Gasteiger partial charge in [-0.15, -0.1) is 0 Å². The van der Waals surface area contributed by atoms with Gasteiger partial charge in [0.15, 0.2) is 5.75 Å². The largest absolute Gasteiger partial charge is 0.493 e. The van der Waals surface area contributed by atoms with Crippen LogP contribution in [0.4, 0.5) is 11.4 Å². The highest BCUT2D eigenvalue weighted by Crippen LogP contribution is 2.47. The van der Waals surface area contributed by atoms with Crippen LogP contribution in [-0.4, -0.2) is 58.0 Å². The van der Waals surface area contributed by atoms with Crippen molar-refractivity contribution >= 4 is 39.2 Å². The van der Waals surface area contributed by atoms with Crippen molar-refractivity contribution in [2.45, 2.75) is 18.4 Å². The minimum absolute atomic E-state index is 0.0559. The van der Waals surface area contributed by atoms with E-state index in [2.05, 4.69) is 24.8 Å². The predicted octanol–water partition coefficient (Wildman–Crippen LogP) is 3.13. The lowest BCUT2D eigenvalue weighted by molar-refractivity contribution is 0.0619. The Bertz CT molecular complexity index is 1320. The van der Waals surface area contributed by atoms with Gasteiger partial charge in [0.25, 0.3) is 5.91 Å². The Morgan fingerprint density at radius 1 is 1.23 bits per heavy atom. The molecule has 2 fully saturated rings. The second kappa shape index (κ2) is 6.41. The maximum Gasteiger partial charge on any atom is 0.270 e. The summed E-state index contributed by atoms with van der Waals surface area (Å²) in [4.78, 5) is 28.8. The molecule has 6 rings (SSSR count). The summed E-state index contributed by atoms with van der Waals surface area (Å²) in [5.41, 5.74) is 9.90. The highest BCUT2D eigenvalue weighted by atomic mass is 16.5. The Hall–Kier alpha value is -3.68. The first-order valence-electron chi connectivity index (χ1n) is 10.5. The molecule has 1 saturated carbocycles. The molecule has 158 valence electrons. The molecular weight excluding hydrogens is 392 g/mol. The summed E-state index contributed by atoms with van der Waals surface area (Å²) < 4.78 is 5.64. The minimum atomic E-state index is -0.136. The summed E-state index contributed by atoms with van der Waals surface area (Å²) in [5, 5.41) is 2.01. The molecule has 1 aliphatic heterocycles. The second-order valence-electron chi connectivity index (χ2n) is 8.55. The standard InChI is InChI=1S/C23H24N6O2/c1-31-19-12-26-21-16(4-7-25-21)20(19)28-8-9-29(23(13-28)5-6-23)22(30)18-11-14-10-15(24)2-3-17(14)27-18/h2-4,7,10-12,27H,5-6,8-9,13,24H2,1H3,(H,25,26).